The van der Waals surface area contributed by atoms with Crippen LogP contribution in [0.1, 0.15) is 38.7 Å². The summed E-state index contributed by atoms with van der Waals surface area (Å²) >= 11 is 0. The van der Waals surface area contributed by atoms with E-state index in [4.69, 9.17) is 5.11 Å². The van der Waals surface area contributed by atoms with Crippen molar-refractivity contribution in [1.29, 1.82) is 0 Å². The zero-order chi connectivity index (χ0) is 15.8. The largest absolute Gasteiger partial charge is 0.480 e. The van der Waals surface area contributed by atoms with Crippen molar-refractivity contribution in [2.24, 2.45) is 0 Å². The fourth-order valence-electron chi connectivity index (χ4n) is 2.23. The molecule has 0 aliphatic rings. The van der Waals surface area contributed by atoms with Crippen LogP contribution in [0, 0.1) is 0 Å². The summed E-state index contributed by atoms with van der Waals surface area (Å²) in [5, 5.41) is 11.7. The molecule has 0 saturated carbocycles. The SMILES string of the molecule is CCCN(CC(=O)O)CC(=O)Nc1ccccc1C(C)C.Cl. The van der Waals surface area contributed by atoms with Crippen LogP contribution >= 0.6 is 12.4 Å². The van der Waals surface area contributed by atoms with E-state index < -0.39 is 5.97 Å². The second kappa shape index (κ2) is 10.2. The molecule has 124 valence electrons. The number of hydrogen-bond donors (Lipinski definition) is 2. The van der Waals surface area contributed by atoms with Gasteiger partial charge in [-0.05, 0) is 30.5 Å². The van der Waals surface area contributed by atoms with Crippen molar-refractivity contribution >= 4 is 30.0 Å². The minimum atomic E-state index is -0.918. The molecule has 0 aliphatic carbocycles. The number of nitrogens with zero attached hydrogens (tertiary/aromatic N) is 1. The number of carboxylic acid groups (broad SMARTS) is 1. The number of aliphatic carboxylic acids is 1. The number of carbonyl (C=O) groups excluding carboxylic acids is 1. The van der Waals surface area contributed by atoms with Gasteiger partial charge in [0.05, 0.1) is 13.1 Å². The van der Waals surface area contributed by atoms with Crippen molar-refractivity contribution in [3.05, 3.63) is 29.8 Å². The van der Waals surface area contributed by atoms with E-state index >= 15 is 0 Å². The fraction of sp³-hybridized carbons (Fsp3) is 0.500. The minimum Gasteiger partial charge on any atom is -0.480 e. The highest BCUT2D eigenvalue weighted by Crippen LogP contribution is 2.23. The monoisotopic (exact) mass is 328 g/mol. The zero-order valence-corrected chi connectivity index (χ0v) is 14.2. The van der Waals surface area contributed by atoms with Crippen LogP contribution in [0.2, 0.25) is 0 Å². The van der Waals surface area contributed by atoms with Crippen LogP contribution in [0.5, 0.6) is 0 Å². The number of halogens is 1. The van der Waals surface area contributed by atoms with E-state index in [1.807, 2.05) is 31.2 Å². The van der Waals surface area contributed by atoms with E-state index in [0.29, 0.717) is 12.5 Å². The maximum Gasteiger partial charge on any atom is 0.317 e. The Kier molecular flexibility index (Phi) is 9.45. The molecule has 0 bridgehead atoms. The number of carboxylic acids is 1. The highest BCUT2D eigenvalue weighted by atomic mass is 35.5. The molecule has 22 heavy (non-hydrogen) atoms. The van der Waals surface area contributed by atoms with Crippen molar-refractivity contribution in [3.8, 4) is 0 Å². The van der Waals surface area contributed by atoms with Gasteiger partial charge in [-0.3, -0.25) is 14.5 Å². The third-order valence-electron chi connectivity index (χ3n) is 3.12. The highest BCUT2D eigenvalue weighted by Gasteiger charge is 2.14. The van der Waals surface area contributed by atoms with Crippen molar-refractivity contribution in [2.75, 3.05) is 25.0 Å². The average molecular weight is 329 g/mol. The number of amides is 1. The molecule has 1 amide bonds. The molecule has 0 saturated heterocycles. The molecular weight excluding hydrogens is 304 g/mol. The van der Waals surface area contributed by atoms with Crippen molar-refractivity contribution in [1.82, 2.24) is 4.90 Å². The molecule has 0 atom stereocenters. The van der Waals surface area contributed by atoms with Gasteiger partial charge in [0.1, 0.15) is 0 Å². The second-order valence-electron chi connectivity index (χ2n) is 5.39. The number of anilines is 1. The van der Waals surface area contributed by atoms with Crippen LogP contribution in [-0.4, -0.2) is 41.5 Å². The Labute approximate surface area is 138 Å². The first kappa shape index (κ1) is 20.4. The van der Waals surface area contributed by atoms with Crippen LogP contribution in [0.25, 0.3) is 0 Å². The van der Waals surface area contributed by atoms with Crippen LogP contribution < -0.4 is 5.32 Å². The van der Waals surface area contributed by atoms with Crippen molar-refractivity contribution < 1.29 is 14.7 Å². The van der Waals surface area contributed by atoms with E-state index in [1.165, 1.54) is 0 Å². The summed E-state index contributed by atoms with van der Waals surface area (Å²) in [6.45, 7) is 6.66. The Morgan fingerprint density at radius 3 is 2.41 bits per heavy atom. The Balaban J connectivity index is 0.00000441. The summed E-state index contributed by atoms with van der Waals surface area (Å²) in [5.41, 5.74) is 1.87. The van der Waals surface area contributed by atoms with Gasteiger partial charge in [-0.2, -0.15) is 0 Å². The predicted octanol–water partition coefficient (Wildman–Crippen LogP) is 2.97. The molecule has 1 aromatic rings. The molecule has 0 aliphatic heterocycles. The summed E-state index contributed by atoms with van der Waals surface area (Å²) in [4.78, 5) is 24.5. The Bertz CT molecular complexity index is 492. The Morgan fingerprint density at radius 1 is 1.23 bits per heavy atom. The van der Waals surface area contributed by atoms with Gasteiger partial charge < -0.3 is 10.4 Å². The third kappa shape index (κ3) is 6.91. The Hall–Kier alpha value is -1.59. The number of rotatable bonds is 8. The standard InChI is InChI=1S/C16H24N2O3.ClH/c1-4-9-18(11-16(20)21)10-15(19)17-14-8-6-5-7-13(14)12(2)3;/h5-8,12H,4,9-11H2,1-3H3,(H,17,19)(H,20,21);1H. The van der Waals surface area contributed by atoms with Crippen LogP contribution in [-0.2, 0) is 9.59 Å². The lowest BCUT2D eigenvalue weighted by Crippen LogP contribution is -2.37. The average Bonchev–Trinajstić information content (AvgIpc) is 2.38. The van der Waals surface area contributed by atoms with Gasteiger partial charge >= 0.3 is 5.97 Å². The van der Waals surface area contributed by atoms with Gasteiger partial charge in [0.25, 0.3) is 0 Å². The molecule has 1 aromatic carbocycles. The van der Waals surface area contributed by atoms with E-state index in [1.54, 1.807) is 4.90 Å². The van der Waals surface area contributed by atoms with E-state index in [-0.39, 0.29) is 31.4 Å². The summed E-state index contributed by atoms with van der Waals surface area (Å²) < 4.78 is 0. The van der Waals surface area contributed by atoms with E-state index in [2.05, 4.69) is 19.2 Å². The molecule has 1 rings (SSSR count). The van der Waals surface area contributed by atoms with Gasteiger partial charge in [0, 0.05) is 5.69 Å². The van der Waals surface area contributed by atoms with Crippen LogP contribution in [0.15, 0.2) is 24.3 Å². The molecule has 0 aromatic heterocycles. The summed E-state index contributed by atoms with van der Waals surface area (Å²) in [6, 6.07) is 7.68. The minimum absolute atomic E-state index is 0. The first-order chi connectivity index (χ1) is 9.93. The first-order valence-corrected chi connectivity index (χ1v) is 7.27. The lowest BCUT2D eigenvalue weighted by atomic mass is 10.0. The third-order valence-corrected chi connectivity index (χ3v) is 3.12. The fourth-order valence-corrected chi connectivity index (χ4v) is 2.23. The number of nitrogens with one attached hydrogen (secondary N) is 1. The van der Waals surface area contributed by atoms with Gasteiger partial charge in [-0.25, -0.2) is 0 Å². The number of carbonyl (C=O) groups is 2. The quantitative estimate of drug-likeness (QED) is 0.769. The summed E-state index contributed by atoms with van der Waals surface area (Å²) in [7, 11) is 0. The summed E-state index contributed by atoms with van der Waals surface area (Å²) in [5.74, 6) is -0.788. The topological polar surface area (TPSA) is 69.6 Å². The van der Waals surface area contributed by atoms with Gasteiger partial charge in [0.15, 0.2) is 0 Å². The normalized spacial score (nSPS) is 10.4. The molecule has 2 N–H and O–H groups in total. The molecule has 0 radical (unpaired) electrons. The van der Waals surface area contributed by atoms with Gasteiger partial charge in [0.2, 0.25) is 5.91 Å². The predicted molar refractivity (Wildman–Crippen MR) is 90.8 cm³/mol. The molecule has 0 unspecified atom stereocenters. The van der Waals surface area contributed by atoms with Gasteiger partial charge in [-0.15, -0.1) is 12.4 Å². The number of benzene rings is 1. The van der Waals surface area contributed by atoms with E-state index in [9.17, 15) is 9.59 Å². The maximum atomic E-state index is 12.1. The maximum absolute atomic E-state index is 12.1. The molecule has 0 heterocycles. The molecular formula is C16H25ClN2O3. The van der Waals surface area contributed by atoms with Gasteiger partial charge in [-0.1, -0.05) is 39.0 Å². The lowest BCUT2D eigenvalue weighted by Gasteiger charge is -2.20. The van der Waals surface area contributed by atoms with Crippen LogP contribution in [0.3, 0.4) is 0 Å². The molecule has 0 spiro atoms. The zero-order valence-electron chi connectivity index (χ0n) is 13.3. The molecule has 5 nitrogen and oxygen atoms in total. The Morgan fingerprint density at radius 2 is 1.86 bits per heavy atom. The number of para-hydroxylation sites is 1. The second-order valence-corrected chi connectivity index (χ2v) is 5.39. The molecule has 6 heteroatoms. The summed E-state index contributed by atoms with van der Waals surface area (Å²) in [6.07, 6.45) is 0.809. The molecule has 0 fully saturated rings. The van der Waals surface area contributed by atoms with Crippen molar-refractivity contribution in [3.63, 3.8) is 0 Å². The van der Waals surface area contributed by atoms with E-state index in [0.717, 1.165) is 17.7 Å². The highest BCUT2D eigenvalue weighted by molar-refractivity contribution is 5.93. The van der Waals surface area contributed by atoms with Crippen LogP contribution in [0.4, 0.5) is 5.69 Å². The number of hydrogen-bond acceptors (Lipinski definition) is 3. The van der Waals surface area contributed by atoms with Crippen molar-refractivity contribution in [2.45, 2.75) is 33.1 Å². The first-order valence-electron chi connectivity index (χ1n) is 7.27. The smallest absolute Gasteiger partial charge is 0.317 e. The lowest BCUT2D eigenvalue weighted by molar-refractivity contribution is -0.138.